The van der Waals surface area contributed by atoms with Crippen LogP contribution >= 0.6 is 34.5 Å². The van der Waals surface area contributed by atoms with E-state index in [2.05, 4.69) is 10.3 Å². The highest BCUT2D eigenvalue weighted by Crippen LogP contribution is 2.52. The van der Waals surface area contributed by atoms with Gasteiger partial charge in [0.25, 0.3) is 0 Å². The lowest BCUT2D eigenvalue weighted by Gasteiger charge is -2.30. The summed E-state index contributed by atoms with van der Waals surface area (Å²) in [7, 11) is 0. The molecule has 26 heavy (non-hydrogen) atoms. The van der Waals surface area contributed by atoms with Crippen molar-refractivity contribution < 1.29 is 14.7 Å². The topological polar surface area (TPSA) is 82.1 Å². The number of benzene rings is 1. The van der Waals surface area contributed by atoms with E-state index in [1.54, 1.807) is 23.6 Å². The van der Waals surface area contributed by atoms with Gasteiger partial charge in [-0.1, -0.05) is 23.2 Å². The third-order valence-corrected chi connectivity index (χ3v) is 6.74. The molecule has 4 atom stereocenters. The number of anilines is 1. The van der Waals surface area contributed by atoms with E-state index in [0.29, 0.717) is 20.9 Å². The van der Waals surface area contributed by atoms with E-state index in [4.69, 9.17) is 23.2 Å². The fourth-order valence-electron chi connectivity index (χ4n) is 4.35. The second-order valence-corrected chi connectivity index (χ2v) is 8.56. The van der Waals surface area contributed by atoms with Gasteiger partial charge < -0.3 is 15.2 Å². The summed E-state index contributed by atoms with van der Waals surface area (Å²) in [5, 5.41) is 17.5. The molecule has 1 aromatic heterocycles. The quantitative estimate of drug-likeness (QED) is 0.837. The molecule has 2 saturated carbocycles. The average molecular weight is 410 g/mol. The molecule has 136 valence electrons. The van der Waals surface area contributed by atoms with Crippen molar-refractivity contribution in [1.82, 2.24) is 4.98 Å². The third-order valence-electron chi connectivity index (χ3n) is 5.43. The fraction of sp³-hybridized carbons (Fsp3) is 0.389. The molecule has 2 aliphatic rings. The number of aliphatic carboxylic acids is 1. The Labute approximate surface area is 164 Å². The van der Waals surface area contributed by atoms with E-state index < -0.39 is 17.8 Å². The van der Waals surface area contributed by atoms with E-state index >= 15 is 0 Å². The number of nitrogens with zero attached hydrogens (tertiary/aromatic N) is 1. The van der Waals surface area contributed by atoms with Gasteiger partial charge in [-0.25, -0.2) is 4.98 Å². The number of hydrogen-bond donors (Lipinski definition) is 1. The zero-order chi connectivity index (χ0) is 18.4. The first-order valence-corrected chi connectivity index (χ1v) is 10.0. The Morgan fingerprint density at radius 1 is 1.19 bits per heavy atom. The Hall–Kier alpha value is -1.63. The van der Waals surface area contributed by atoms with Gasteiger partial charge in [0, 0.05) is 33.8 Å². The number of hydrogen-bond acceptors (Lipinski definition) is 5. The van der Waals surface area contributed by atoms with Gasteiger partial charge >= 0.3 is 0 Å². The molecule has 0 aliphatic heterocycles. The summed E-state index contributed by atoms with van der Waals surface area (Å²) in [6.07, 6.45) is 2.56. The van der Waals surface area contributed by atoms with Crippen molar-refractivity contribution in [2.45, 2.75) is 19.3 Å². The largest absolute Gasteiger partial charge is 0.550 e. The maximum absolute atomic E-state index is 12.7. The lowest BCUT2D eigenvalue weighted by molar-refractivity contribution is -0.314. The molecule has 0 radical (unpaired) electrons. The molecular formula is C18H15Cl2N2O3S-. The summed E-state index contributed by atoms with van der Waals surface area (Å²) in [4.78, 5) is 28.6. The highest BCUT2D eigenvalue weighted by molar-refractivity contribution is 7.14. The maximum atomic E-state index is 12.7. The molecule has 2 bridgehead atoms. The van der Waals surface area contributed by atoms with E-state index in [0.717, 1.165) is 24.8 Å². The Balaban J connectivity index is 1.52. The number of amides is 1. The second-order valence-electron chi connectivity index (χ2n) is 6.86. The van der Waals surface area contributed by atoms with Gasteiger partial charge in [0.05, 0.1) is 10.7 Å². The third kappa shape index (κ3) is 3.10. The van der Waals surface area contributed by atoms with Gasteiger partial charge in [-0.3, -0.25) is 4.79 Å². The number of carbonyl (C=O) groups is 2. The Bertz CT molecular complexity index is 885. The minimum Gasteiger partial charge on any atom is -0.550 e. The van der Waals surface area contributed by atoms with Crippen LogP contribution in [0, 0.1) is 23.7 Å². The van der Waals surface area contributed by atoms with Crippen LogP contribution < -0.4 is 10.4 Å². The molecule has 2 aliphatic carbocycles. The van der Waals surface area contributed by atoms with E-state index in [-0.39, 0.29) is 17.7 Å². The van der Waals surface area contributed by atoms with Crippen molar-refractivity contribution in [3.05, 3.63) is 33.6 Å². The summed E-state index contributed by atoms with van der Waals surface area (Å²) in [5.74, 6) is -2.46. The van der Waals surface area contributed by atoms with Crippen LogP contribution in [-0.4, -0.2) is 16.9 Å². The zero-order valence-corrected chi connectivity index (χ0v) is 15.9. The summed E-state index contributed by atoms with van der Waals surface area (Å²) >= 11 is 13.4. The second kappa shape index (κ2) is 6.83. The summed E-state index contributed by atoms with van der Waals surface area (Å²) in [5.41, 5.74) is 1.36. The molecule has 1 amide bonds. The van der Waals surface area contributed by atoms with Crippen LogP contribution in [0.25, 0.3) is 11.3 Å². The molecule has 0 unspecified atom stereocenters. The highest BCUT2D eigenvalue weighted by Gasteiger charge is 2.51. The van der Waals surface area contributed by atoms with Crippen LogP contribution in [0.4, 0.5) is 5.13 Å². The van der Waals surface area contributed by atoms with Gasteiger partial charge in [0.15, 0.2) is 5.13 Å². The van der Waals surface area contributed by atoms with E-state index in [9.17, 15) is 14.7 Å². The zero-order valence-electron chi connectivity index (χ0n) is 13.6. The molecular weight excluding hydrogens is 395 g/mol. The van der Waals surface area contributed by atoms with Crippen molar-refractivity contribution in [2.75, 3.05) is 5.32 Å². The molecule has 5 nitrogen and oxygen atoms in total. The lowest BCUT2D eigenvalue weighted by Crippen LogP contribution is -2.43. The summed E-state index contributed by atoms with van der Waals surface area (Å²) < 4.78 is 0. The first-order chi connectivity index (χ1) is 12.4. The number of fused-ring (bicyclic) bond motifs is 2. The Morgan fingerprint density at radius 2 is 1.92 bits per heavy atom. The number of carboxylic acid groups (broad SMARTS) is 1. The van der Waals surface area contributed by atoms with Crippen LogP contribution in [0.2, 0.25) is 10.0 Å². The molecule has 2 fully saturated rings. The molecule has 1 N–H and O–H groups in total. The van der Waals surface area contributed by atoms with Gasteiger partial charge in [-0.2, -0.15) is 0 Å². The number of thiazole rings is 1. The normalized spacial score (nSPS) is 26.8. The fourth-order valence-corrected chi connectivity index (χ4v) is 5.57. The number of carboxylic acids is 1. The molecule has 4 rings (SSSR count). The van der Waals surface area contributed by atoms with Crippen molar-refractivity contribution in [2.24, 2.45) is 23.7 Å². The van der Waals surface area contributed by atoms with E-state index in [1.807, 2.05) is 0 Å². The average Bonchev–Trinajstić information content (AvgIpc) is 3.29. The lowest BCUT2D eigenvalue weighted by atomic mass is 9.79. The minimum atomic E-state index is -1.12. The van der Waals surface area contributed by atoms with Crippen molar-refractivity contribution in [3.63, 3.8) is 0 Å². The highest BCUT2D eigenvalue weighted by atomic mass is 35.5. The monoisotopic (exact) mass is 409 g/mol. The van der Waals surface area contributed by atoms with Crippen LogP contribution in [0.3, 0.4) is 0 Å². The predicted molar refractivity (Wildman–Crippen MR) is 99.0 cm³/mol. The van der Waals surface area contributed by atoms with Crippen molar-refractivity contribution in [3.8, 4) is 11.3 Å². The maximum Gasteiger partial charge on any atom is 0.230 e. The van der Waals surface area contributed by atoms with Gasteiger partial charge in [0.2, 0.25) is 5.91 Å². The molecule has 8 heteroatoms. The number of carbonyl (C=O) groups excluding carboxylic acids is 2. The van der Waals surface area contributed by atoms with Crippen molar-refractivity contribution in [1.29, 1.82) is 0 Å². The molecule has 1 heterocycles. The first-order valence-electron chi connectivity index (χ1n) is 8.36. The SMILES string of the molecule is O=C(Nc1nc(-c2ccc(Cl)cc2Cl)cs1)[C@@H]1[C@@H]2CC[C@@H](C2)[C@@H]1C(=O)[O-]. The van der Waals surface area contributed by atoms with E-state index in [1.165, 1.54) is 11.3 Å². The Kier molecular flexibility index (Phi) is 4.67. The minimum absolute atomic E-state index is 0.0560. The predicted octanol–water partition coefficient (Wildman–Crippen LogP) is 3.47. The number of rotatable bonds is 4. The smallest absolute Gasteiger partial charge is 0.230 e. The number of nitrogens with one attached hydrogen (secondary N) is 1. The van der Waals surface area contributed by atoms with Crippen molar-refractivity contribution >= 4 is 51.5 Å². The van der Waals surface area contributed by atoms with Gasteiger partial charge in [-0.15, -0.1) is 11.3 Å². The van der Waals surface area contributed by atoms with Crippen LogP contribution in [-0.2, 0) is 9.59 Å². The molecule has 2 aromatic rings. The van der Waals surface area contributed by atoms with Crippen LogP contribution in [0.15, 0.2) is 23.6 Å². The number of halogens is 2. The summed E-state index contributed by atoms with van der Waals surface area (Å²) in [6, 6.07) is 5.13. The van der Waals surface area contributed by atoms with Crippen LogP contribution in [0.1, 0.15) is 19.3 Å². The van der Waals surface area contributed by atoms with Gasteiger partial charge in [0.1, 0.15) is 0 Å². The first kappa shape index (κ1) is 17.8. The molecule has 1 aromatic carbocycles. The van der Waals surface area contributed by atoms with Crippen LogP contribution in [0.5, 0.6) is 0 Å². The summed E-state index contributed by atoms with van der Waals surface area (Å²) in [6.45, 7) is 0. The molecule has 0 saturated heterocycles. The number of aromatic nitrogens is 1. The van der Waals surface area contributed by atoms with Gasteiger partial charge in [-0.05, 0) is 49.3 Å². The Morgan fingerprint density at radius 3 is 2.62 bits per heavy atom. The standard InChI is InChI=1S/C18H16Cl2N2O3S/c19-10-3-4-11(12(20)6-10)13-7-26-18(21-13)22-16(23)14-8-1-2-9(5-8)15(14)17(24)25/h3-4,6-9,14-15H,1-2,5H2,(H,24,25)(H,21,22,23)/p-1/t8-,9+,14-,15+/m1/s1. The molecule has 0 spiro atoms.